The van der Waals surface area contributed by atoms with Gasteiger partial charge in [-0.1, -0.05) is 30.3 Å². The van der Waals surface area contributed by atoms with Crippen molar-refractivity contribution in [3.05, 3.63) is 132 Å². The number of hydrogen-bond donors (Lipinski definition) is 0. The summed E-state index contributed by atoms with van der Waals surface area (Å²) in [6, 6.07) is 45.9. The monoisotopic (exact) mass is 589 g/mol. The van der Waals surface area contributed by atoms with Crippen molar-refractivity contribution in [3.63, 3.8) is 0 Å². The van der Waals surface area contributed by atoms with Gasteiger partial charge in [-0.05, 0) is 84.9 Å². The van der Waals surface area contributed by atoms with Crippen molar-refractivity contribution in [2.75, 3.05) is 0 Å². The van der Waals surface area contributed by atoms with E-state index in [0.717, 1.165) is 75.2 Å². The van der Waals surface area contributed by atoms with Gasteiger partial charge in [-0.25, -0.2) is 0 Å². The summed E-state index contributed by atoms with van der Waals surface area (Å²) in [5, 5.41) is 35.3. The van der Waals surface area contributed by atoms with Crippen molar-refractivity contribution in [2.45, 2.75) is 0 Å². The Bertz CT molecular complexity index is 2790. The predicted octanol–water partition coefficient (Wildman–Crippen LogP) is 9.86. The molecule has 0 saturated carbocycles. The molecular formula is C39H19N5S. The highest BCUT2D eigenvalue weighted by Gasteiger charge is 2.18. The third kappa shape index (κ3) is 3.51. The standard InChI is InChI=1S/C39H19N5S/c40-20-23-8-12-35-30(16-23)31-17-24(21-41)9-13-36(31)44(35)26-10-14-37-32(18-26)28-5-1-2-7-34(28)43(37)27-11-15-38-33(19-27)29-6-3-4-25(22-42)39(29)45-38/h1-19H. The summed E-state index contributed by atoms with van der Waals surface area (Å²) in [6.07, 6.45) is 0. The highest BCUT2D eigenvalue weighted by atomic mass is 32.1. The summed E-state index contributed by atoms with van der Waals surface area (Å²) in [5.41, 5.74) is 8.11. The molecule has 0 saturated heterocycles. The fraction of sp³-hybridized carbons (Fsp3) is 0. The maximum atomic E-state index is 9.68. The first-order chi connectivity index (χ1) is 22.2. The molecule has 0 aliphatic carbocycles. The maximum Gasteiger partial charge on any atom is 0.101 e. The van der Waals surface area contributed by atoms with Gasteiger partial charge in [0.25, 0.3) is 0 Å². The summed E-state index contributed by atoms with van der Waals surface area (Å²) in [5.74, 6) is 0. The maximum absolute atomic E-state index is 9.68. The van der Waals surface area contributed by atoms with E-state index < -0.39 is 0 Å². The Morgan fingerprint density at radius 2 is 1.00 bits per heavy atom. The van der Waals surface area contributed by atoms with Crippen LogP contribution in [0, 0.1) is 34.0 Å². The van der Waals surface area contributed by atoms with E-state index in [-0.39, 0.29) is 0 Å². The summed E-state index contributed by atoms with van der Waals surface area (Å²) < 4.78 is 6.71. The summed E-state index contributed by atoms with van der Waals surface area (Å²) in [6.45, 7) is 0. The zero-order chi connectivity index (χ0) is 30.2. The van der Waals surface area contributed by atoms with Gasteiger partial charge in [0.05, 0.1) is 55.6 Å². The van der Waals surface area contributed by atoms with Crippen LogP contribution in [-0.4, -0.2) is 9.13 Å². The van der Waals surface area contributed by atoms with Crippen molar-refractivity contribution in [1.29, 1.82) is 15.8 Å². The fourth-order valence-corrected chi connectivity index (χ4v) is 7.98. The van der Waals surface area contributed by atoms with Crippen LogP contribution in [-0.2, 0) is 0 Å². The van der Waals surface area contributed by atoms with Crippen LogP contribution in [0.5, 0.6) is 0 Å². The highest BCUT2D eigenvalue weighted by molar-refractivity contribution is 7.26. The first kappa shape index (κ1) is 25.1. The van der Waals surface area contributed by atoms with Crippen LogP contribution in [0.1, 0.15) is 16.7 Å². The molecule has 0 aliphatic rings. The molecule has 9 rings (SSSR count). The van der Waals surface area contributed by atoms with E-state index in [1.807, 2.05) is 48.5 Å². The molecule has 6 aromatic carbocycles. The fourth-order valence-electron chi connectivity index (χ4n) is 6.83. The molecule has 6 heteroatoms. The van der Waals surface area contributed by atoms with Crippen LogP contribution >= 0.6 is 11.3 Å². The zero-order valence-corrected chi connectivity index (χ0v) is 24.4. The number of thiophene rings is 1. The normalized spacial score (nSPS) is 11.5. The van der Waals surface area contributed by atoms with E-state index in [0.29, 0.717) is 16.7 Å². The van der Waals surface area contributed by atoms with Gasteiger partial charge >= 0.3 is 0 Å². The molecule has 45 heavy (non-hydrogen) atoms. The number of nitriles is 3. The van der Waals surface area contributed by atoms with Crippen LogP contribution < -0.4 is 0 Å². The first-order valence-electron chi connectivity index (χ1n) is 14.4. The third-order valence-corrected chi connectivity index (χ3v) is 10.0. The Kier molecular flexibility index (Phi) is 5.20. The minimum Gasteiger partial charge on any atom is -0.309 e. The van der Waals surface area contributed by atoms with Crippen LogP contribution in [0.3, 0.4) is 0 Å². The van der Waals surface area contributed by atoms with Gasteiger partial charge < -0.3 is 9.13 Å². The Morgan fingerprint density at radius 3 is 1.67 bits per heavy atom. The number of fused-ring (bicyclic) bond motifs is 9. The number of benzene rings is 6. The van der Waals surface area contributed by atoms with Gasteiger partial charge in [0, 0.05) is 48.4 Å². The lowest BCUT2D eigenvalue weighted by molar-refractivity contribution is 1.17. The minimum atomic E-state index is 0.585. The van der Waals surface area contributed by atoms with Gasteiger partial charge in [0.1, 0.15) is 6.07 Å². The lowest BCUT2D eigenvalue weighted by Crippen LogP contribution is -1.96. The van der Waals surface area contributed by atoms with Crippen LogP contribution in [0.25, 0.3) is 75.2 Å². The van der Waals surface area contributed by atoms with Crippen molar-refractivity contribution in [2.24, 2.45) is 0 Å². The summed E-state index contributed by atoms with van der Waals surface area (Å²) in [4.78, 5) is 0. The quantitative estimate of drug-likeness (QED) is 0.201. The highest BCUT2D eigenvalue weighted by Crippen LogP contribution is 2.40. The molecule has 9 aromatic rings. The van der Waals surface area contributed by atoms with Gasteiger partial charge in [-0.15, -0.1) is 11.3 Å². The van der Waals surface area contributed by atoms with Crippen molar-refractivity contribution < 1.29 is 0 Å². The molecule has 0 N–H and O–H groups in total. The molecule has 0 atom stereocenters. The van der Waals surface area contributed by atoms with E-state index in [9.17, 15) is 15.8 Å². The van der Waals surface area contributed by atoms with E-state index in [4.69, 9.17) is 0 Å². The van der Waals surface area contributed by atoms with Crippen molar-refractivity contribution in [1.82, 2.24) is 9.13 Å². The van der Waals surface area contributed by atoms with Gasteiger partial charge in [0.15, 0.2) is 0 Å². The van der Waals surface area contributed by atoms with Crippen molar-refractivity contribution >= 4 is 75.1 Å². The van der Waals surface area contributed by atoms with E-state index >= 15 is 0 Å². The average Bonchev–Trinajstić information content (AvgIpc) is 3.74. The number of nitrogens with zero attached hydrogens (tertiary/aromatic N) is 5. The van der Waals surface area contributed by atoms with E-state index in [2.05, 4.69) is 94.1 Å². The number of aromatic nitrogens is 2. The van der Waals surface area contributed by atoms with Crippen LogP contribution in [0.15, 0.2) is 115 Å². The average molecular weight is 590 g/mol. The lowest BCUT2D eigenvalue weighted by atomic mass is 10.1. The molecule has 3 heterocycles. The molecule has 0 bridgehead atoms. The molecular weight excluding hydrogens is 571 g/mol. The molecule has 0 unspecified atom stereocenters. The number of hydrogen-bond acceptors (Lipinski definition) is 4. The number of rotatable bonds is 2. The molecule has 0 fully saturated rings. The SMILES string of the molecule is N#Cc1ccc2c(c1)c1cc(C#N)ccc1n2-c1ccc2c(c1)c1ccccc1n2-c1ccc2sc3c(C#N)cccc3c2c1. The van der Waals surface area contributed by atoms with Gasteiger partial charge in [0.2, 0.25) is 0 Å². The van der Waals surface area contributed by atoms with Gasteiger partial charge in [-0.2, -0.15) is 15.8 Å². The topological polar surface area (TPSA) is 81.2 Å². The molecule has 5 nitrogen and oxygen atoms in total. The second-order valence-electron chi connectivity index (χ2n) is 11.2. The van der Waals surface area contributed by atoms with E-state index in [1.165, 1.54) is 0 Å². The molecule has 0 radical (unpaired) electrons. The first-order valence-corrected chi connectivity index (χ1v) is 15.3. The predicted molar refractivity (Wildman–Crippen MR) is 182 cm³/mol. The third-order valence-electron chi connectivity index (χ3n) is 8.80. The van der Waals surface area contributed by atoms with Crippen molar-refractivity contribution in [3.8, 4) is 29.6 Å². The van der Waals surface area contributed by atoms with E-state index in [1.54, 1.807) is 11.3 Å². The molecule has 0 amide bonds. The Labute approximate surface area is 260 Å². The summed E-state index contributed by atoms with van der Waals surface area (Å²) >= 11 is 1.66. The Morgan fingerprint density at radius 1 is 0.444 bits per heavy atom. The van der Waals surface area contributed by atoms with Gasteiger partial charge in [-0.3, -0.25) is 0 Å². The molecule has 0 spiro atoms. The summed E-state index contributed by atoms with van der Waals surface area (Å²) in [7, 11) is 0. The van der Waals surface area contributed by atoms with Crippen LogP contribution in [0.4, 0.5) is 0 Å². The Hall–Kier alpha value is -6.39. The molecule has 0 aliphatic heterocycles. The smallest absolute Gasteiger partial charge is 0.101 e. The second kappa shape index (κ2) is 9.30. The number of para-hydroxylation sites is 1. The second-order valence-corrected chi connectivity index (χ2v) is 12.2. The molecule has 206 valence electrons. The van der Waals surface area contributed by atoms with Crippen LogP contribution in [0.2, 0.25) is 0 Å². The molecule has 3 aromatic heterocycles. The largest absolute Gasteiger partial charge is 0.309 e. The zero-order valence-electron chi connectivity index (χ0n) is 23.6. The minimum absolute atomic E-state index is 0.585. The Balaban J connectivity index is 1.32. The lowest BCUT2D eigenvalue weighted by Gasteiger charge is -2.11.